The Hall–Kier alpha value is -2.11. The van der Waals surface area contributed by atoms with Gasteiger partial charge < -0.3 is 14.8 Å². The maximum Gasteiger partial charge on any atom is 0.419 e. The number of alkyl halides is 3. The number of rotatable bonds is 7. The molecule has 0 aliphatic carbocycles. The van der Waals surface area contributed by atoms with Gasteiger partial charge in [-0.1, -0.05) is 12.1 Å². The third kappa shape index (κ3) is 4.54. The van der Waals surface area contributed by atoms with Crippen LogP contribution in [0.25, 0.3) is 0 Å². The molecule has 1 unspecified atom stereocenters. The van der Waals surface area contributed by atoms with Crippen LogP contribution in [0.2, 0.25) is 0 Å². The van der Waals surface area contributed by atoms with Crippen molar-refractivity contribution in [2.75, 3.05) is 20.2 Å². The minimum absolute atomic E-state index is 0.185. The fraction of sp³-hybridized carbons (Fsp3) is 0.400. The van der Waals surface area contributed by atoms with Crippen molar-refractivity contribution in [1.82, 2.24) is 14.3 Å². The van der Waals surface area contributed by atoms with Crippen LogP contribution in [-0.2, 0) is 16.2 Å². The number of ether oxygens (including phenoxy) is 1. The second kappa shape index (κ2) is 7.64. The van der Waals surface area contributed by atoms with E-state index >= 15 is 0 Å². The highest BCUT2D eigenvalue weighted by molar-refractivity contribution is 7.89. The summed E-state index contributed by atoms with van der Waals surface area (Å²) in [6, 6.07) is 4.58. The zero-order valence-corrected chi connectivity index (χ0v) is 14.8. The third-order valence-corrected chi connectivity index (χ3v) is 5.40. The zero-order chi connectivity index (χ0) is 19.5. The number of para-hydroxylation sites is 1. The monoisotopic (exact) mass is 393 g/mol. The van der Waals surface area contributed by atoms with Gasteiger partial charge in [0.25, 0.3) is 10.0 Å². The van der Waals surface area contributed by atoms with Gasteiger partial charge in [0.2, 0.25) is 0 Å². The number of aryl methyl sites for hydroxylation is 1. The van der Waals surface area contributed by atoms with Crippen molar-refractivity contribution in [3.63, 3.8) is 0 Å². The second-order valence-corrected chi connectivity index (χ2v) is 7.54. The number of H-pyrrole nitrogens is 1. The van der Waals surface area contributed by atoms with E-state index in [1.54, 1.807) is 0 Å². The molecule has 0 saturated heterocycles. The first-order valence-electron chi connectivity index (χ1n) is 7.47. The highest BCUT2D eigenvalue weighted by atomic mass is 32.2. The molecule has 0 saturated carbocycles. The molecule has 7 nitrogen and oxygen atoms in total. The molecule has 1 aromatic heterocycles. The van der Waals surface area contributed by atoms with Crippen LogP contribution in [0.15, 0.2) is 35.6 Å². The summed E-state index contributed by atoms with van der Waals surface area (Å²) in [7, 11) is -2.71. The molecule has 2 N–H and O–H groups in total. The van der Waals surface area contributed by atoms with Crippen LogP contribution < -0.4 is 4.74 Å². The maximum absolute atomic E-state index is 12.9. The van der Waals surface area contributed by atoms with Gasteiger partial charge in [-0.15, -0.1) is 0 Å². The van der Waals surface area contributed by atoms with E-state index in [4.69, 9.17) is 4.74 Å². The summed E-state index contributed by atoms with van der Waals surface area (Å²) in [6.45, 7) is 0.649. The van der Waals surface area contributed by atoms with Crippen molar-refractivity contribution >= 4 is 10.0 Å². The van der Waals surface area contributed by atoms with Gasteiger partial charge in [0.05, 0.1) is 17.6 Å². The topological polar surface area (TPSA) is 95.5 Å². The van der Waals surface area contributed by atoms with E-state index in [9.17, 15) is 26.7 Å². The van der Waals surface area contributed by atoms with Crippen LogP contribution in [0.5, 0.6) is 5.75 Å². The SMILES string of the molecule is Cc1[nH]cnc1S(=O)(=O)N(C)CC(O)COc1ccccc1C(F)(F)F. The fourth-order valence-electron chi connectivity index (χ4n) is 2.21. The molecule has 1 aromatic carbocycles. The summed E-state index contributed by atoms with van der Waals surface area (Å²) >= 11 is 0. The summed E-state index contributed by atoms with van der Waals surface area (Å²) in [5, 5.41) is 9.78. The Morgan fingerprint density at radius 2 is 2.00 bits per heavy atom. The number of sulfonamides is 1. The van der Waals surface area contributed by atoms with Gasteiger partial charge in [0, 0.05) is 13.6 Å². The number of hydrogen-bond acceptors (Lipinski definition) is 5. The molecule has 0 bridgehead atoms. The number of aromatic nitrogens is 2. The highest BCUT2D eigenvalue weighted by Gasteiger charge is 2.34. The van der Waals surface area contributed by atoms with Gasteiger partial charge in [0.1, 0.15) is 18.5 Å². The number of aliphatic hydroxyl groups is 1. The smallest absolute Gasteiger partial charge is 0.419 e. The third-order valence-electron chi connectivity index (χ3n) is 3.53. The average molecular weight is 393 g/mol. The van der Waals surface area contributed by atoms with Crippen molar-refractivity contribution in [2.45, 2.75) is 24.2 Å². The number of aliphatic hydroxyl groups excluding tert-OH is 1. The lowest BCUT2D eigenvalue weighted by Gasteiger charge is -2.21. The van der Waals surface area contributed by atoms with Crippen LogP contribution in [-0.4, -0.2) is 54.1 Å². The van der Waals surface area contributed by atoms with Gasteiger partial charge in [-0.2, -0.15) is 17.5 Å². The van der Waals surface area contributed by atoms with E-state index in [1.165, 1.54) is 32.4 Å². The molecule has 0 spiro atoms. The standard InChI is InChI=1S/C15H18F3N3O4S/c1-10-14(20-9-19-10)26(23,24)21(2)7-11(22)8-25-13-6-4-3-5-12(13)15(16,17)18/h3-6,9,11,22H,7-8H2,1-2H3,(H,19,20). The summed E-state index contributed by atoms with van der Waals surface area (Å²) < 4.78 is 69.3. The number of benzene rings is 1. The van der Waals surface area contributed by atoms with E-state index in [2.05, 4.69) is 9.97 Å². The minimum atomic E-state index is -4.60. The number of halogens is 3. The molecule has 1 heterocycles. The predicted octanol–water partition coefficient (Wildman–Crippen LogP) is 1.80. The summed E-state index contributed by atoms with van der Waals surface area (Å²) in [6.07, 6.45) is -4.71. The number of aromatic amines is 1. The van der Waals surface area contributed by atoms with Gasteiger partial charge >= 0.3 is 6.18 Å². The molecule has 0 amide bonds. The van der Waals surface area contributed by atoms with E-state index in [1.807, 2.05) is 0 Å². The van der Waals surface area contributed by atoms with Gasteiger partial charge in [-0.25, -0.2) is 13.4 Å². The van der Waals surface area contributed by atoms with Crippen LogP contribution in [0.3, 0.4) is 0 Å². The van der Waals surface area contributed by atoms with E-state index in [0.29, 0.717) is 5.69 Å². The molecule has 26 heavy (non-hydrogen) atoms. The molecular weight excluding hydrogens is 375 g/mol. The van der Waals surface area contributed by atoms with Gasteiger partial charge in [-0.05, 0) is 19.1 Å². The average Bonchev–Trinajstić information content (AvgIpc) is 2.99. The fourth-order valence-corrected chi connectivity index (χ4v) is 3.51. The number of imidazole rings is 1. The normalized spacial score (nSPS) is 13.8. The Balaban J connectivity index is 2.02. The molecule has 2 rings (SSSR count). The predicted molar refractivity (Wildman–Crippen MR) is 86.1 cm³/mol. The van der Waals surface area contributed by atoms with Crippen LogP contribution in [0, 0.1) is 6.92 Å². The van der Waals surface area contributed by atoms with Crippen LogP contribution >= 0.6 is 0 Å². The highest BCUT2D eigenvalue weighted by Crippen LogP contribution is 2.35. The first-order chi connectivity index (χ1) is 12.0. The number of likely N-dealkylation sites (N-methyl/N-ethyl adjacent to an activating group) is 1. The van der Waals surface area contributed by atoms with Crippen molar-refractivity contribution in [3.05, 3.63) is 41.9 Å². The van der Waals surface area contributed by atoms with Crippen LogP contribution in [0.1, 0.15) is 11.3 Å². The summed E-state index contributed by atoms with van der Waals surface area (Å²) in [4.78, 5) is 6.36. The molecule has 0 radical (unpaired) electrons. The maximum atomic E-state index is 12.9. The Labute approximate surface area is 148 Å². The number of hydrogen-bond donors (Lipinski definition) is 2. The molecular formula is C15H18F3N3O4S. The second-order valence-electron chi connectivity index (χ2n) is 5.58. The number of nitrogens with zero attached hydrogens (tertiary/aromatic N) is 2. The molecule has 1 atom stereocenters. The van der Waals surface area contributed by atoms with Gasteiger partial charge in [0.15, 0.2) is 5.03 Å². The Kier molecular flexibility index (Phi) is 5.94. The first kappa shape index (κ1) is 20.2. The van der Waals surface area contributed by atoms with Crippen molar-refractivity contribution in [1.29, 1.82) is 0 Å². The molecule has 0 fully saturated rings. The molecule has 11 heteroatoms. The lowest BCUT2D eigenvalue weighted by Crippen LogP contribution is -2.37. The van der Waals surface area contributed by atoms with Gasteiger partial charge in [-0.3, -0.25) is 0 Å². The van der Waals surface area contributed by atoms with E-state index < -0.39 is 40.2 Å². The minimum Gasteiger partial charge on any atom is -0.490 e. The lowest BCUT2D eigenvalue weighted by atomic mass is 10.2. The first-order valence-corrected chi connectivity index (χ1v) is 8.91. The van der Waals surface area contributed by atoms with E-state index in [-0.39, 0.29) is 11.6 Å². The molecule has 0 aliphatic heterocycles. The molecule has 0 aliphatic rings. The summed E-state index contributed by atoms with van der Waals surface area (Å²) in [5.74, 6) is -0.437. The van der Waals surface area contributed by atoms with Crippen molar-refractivity contribution in [2.24, 2.45) is 0 Å². The summed E-state index contributed by atoms with van der Waals surface area (Å²) in [5.41, 5.74) is -0.637. The lowest BCUT2D eigenvalue weighted by molar-refractivity contribution is -0.139. The molecule has 2 aromatic rings. The Morgan fingerprint density at radius 3 is 2.58 bits per heavy atom. The zero-order valence-electron chi connectivity index (χ0n) is 14.0. The number of nitrogens with one attached hydrogen (secondary N) is 1. The largest absolute Gasteiger partial charge is 0.490 e. The Morgan fingerprint density at radius 1 is 1.35 bits per heavy atom. The van der Waals surface area contributed by atoms with E-state index in [0.717, 1.165) is 16.4 Å². The van der Waals surface area contributed by atoms with Crippen molar-refractivity contribution < 1.29 is 31.4 Å². The quantitative estimate of drug-likeness (QED) is 0.748. The van der Waals surface area contributed by atoms with Crippen molar-refractivity contribution in [3.8, 4) is 5.75 Å². The van der Waals surface area contributed by atoms with Crippen LogP contribution in [0.4, 0.5) is 13.2 Å². The Bertz CT molecular complexity index is 852. The molecule has 144 valence electrons.